The number of rotatable bonds is 4. The summed E-state index contributed by atoms with van der Waals surface area (Å²) in [5.74, 6) is 0.548. The quantitative estimate of drug-likeness (QED) is 0.864. The van der Waals surface area contributed by atoms with Gasteiger partial charge in [0.05, 0.1) is 12.9 Å². The lowest BCUT2D eigenvalue weighted by Gasteiger charge is -2.12. The molecule has 16 heavy (non-hydrogen) atoms. The van der Waals surface area contributed by atoms with Crippen molar-refractivity contribution in [2.24, 2.45) is 5.73 Å². The lowest BCUT2D eigenvalue weighted by molar-refractivity contribution is 0.410. The highest BCUT2D eigenvalue weighted by molar-refractivity contribution is 7.89. The molecule has 1 aromatic rings. The van der Waals surface area contributed by atoms with Gasteiger partial charge >= 0.3 is 0 Å². The average molecular weight is 243 g/mol. The van der Waals surface area contributed by atoms with Crippen LogP contribution in [-0.2, 0) is 15.6 Å². The lowest BCUT2D eigenvalue weighted by atomic mass is 10.1. The summed E-state index contributed by atoms with van der Waals surface area (Å²) in [4.78, 5) is 0. The first-order chi connectivity index (χ1) is 7.33. The molecule has 0 radical (unpaired) electrons. The van der Waals surface area contributed by atoms with Crippen LogP contribution in [0.15, 0.2) is 18.2 Å². The summed E-state index contributed by atoms with van der Waals surface area (Å²) >= 11 is 0. The zero-order valence-electron chi connectivity index (χ0n) is 9.73. The third kappa shape index (κ3) is 3.50. The van der Waals surface area contributed by atoms with Gasteiger partial charge in [0.2, 0.25) is 0 Å². The molecule has 4 nitrogen and oxygen atoms in total. The number of methoxy groups -OCH3 is 1. The molecule has 0 heterocycles. The number of ether oxygens (including phenoxy) is 1. The monoisotopic (exact) mass is 243 g/mol. The first kappa shape index (κ1) is 13.0. The van der Waals surface area contributed by atoms with Crippen LogP contribution >= 0.6 is 0 Å². The molecule has 90 valence electrons. The first-order valence-electron chi connectivity index (χ1n) is 4.93. The minimum atomic E-state index is -3.07. The van der Waals surface area contributed by atoms with Crippen LogP contribution in [-0.4, -0.2) is 21.8 Å². The summed E-state index contributed by atoms with van der Waals surface area (Å²) in [7, 11) is -1.55. The third-order valence-corrected chi connectivity index (χ3v) is 3.08. The van der Waals surface area contributed by atoms with E-state index in [9.17, 15) is 8.42 Å². The van der Waals surface area contributed by atoms with Crippen LogP contribution < -0.4 is 10.5 Å². The molecule has 0 aliphatic rings. The van der Waals surface area contributed by atoms with E-state index in [0.717, 1.165) is 5.56 Å². The van der Waals surface area contributed by atoms with Crippen molar-refractivity contribution in [2.75, 3.05) is 13.4 Å². The van der Waals surface area contributed by atoms with Gasteiger partial charge in [0.15, 0.2) is 9.84 Å². The number of hydrogen-bond donors (Lipinski definition) is 1. The van der Waals surface area contributed by atoms with Crippen LogP contribution in [0.4, 0.5) is 0 Å². The Labute approximate surface area is 96.3 Å². The van der Waals surface area contributed by atoms with Crippen molar-refractivity contribution in [3.8, 4) is 5.75 Å². The van der Waals surface area contributed by atoms with E-state index in [1.54, 1.807) is 12.1 Å². The van der Waals surface area contributed by atoms with Gasteiger partial charge in [-0.2, -0.15) is 0 Å². The molecule has 0 bridgehead atoms. The molecule has 1 atom stereocenters. The molecule has 0 spiro atoms. The van der Waals surface area contributed by atoms with Gasteiger partial charge in [-0.3, -0.25) is 0 Å². The van der Waals surface area contributed by atoms with E-state index in [2.05, 4.69) is 0 Å². The topological polar surface area (TPSA) is 69.4 Å². The molecule has 0 aliphatic carbocycles. The van der Waals surface area contributed by atoms with Crippen molar-refractivity contribution in [2.45, 2.75) is 18.7 Å². The smallest absolute Gasteiger partial charge is 0.151 e. The highest BCUT2D eigenvalue weighted by Gasteiger charge is 2.12. The molecule has 0 aromatic heterocycles. The van der Waals surface area contributed by atoms with Gasteiger partial charge in [-0.05, 0) is 24.6 Å². The van der Waals surface area contributed by atoms with Crippen molar-refractivity contribution < 1.29 is 13.2 Å². The van der Waals surface area contributed by atoms with Crippen LogP contribution in [0.2, 0.25) is 0 Å². The minimum Gasteiger partial charge on any atom is -0.496 e. The molecule has 0 saturated carbocycles. The molecule has 0 fully saturated rings. The molecule has 2 N–H and O–H groups in total. The summed E-state index contributed by atoms with van der Waals surface area (Å²) in [5.41, 5.74) is 7.30. The predicted molar refractivity (Wildman–Crippen MR) is 64.1 cm³/mol. The Balaban J connectivity index is 3.17. The summed E-state index contributed by atoms with van der Waals surface area (Å²) in [5, 5.41) is 0. The Hall–Kier alpha value is -1.07. The predicted octanol–water partition coefficient (Wildman–Crippen LogP) is 1.26. The normalized spacial score (nSPS) is 13.5. The van der Waals surface area contributed by atoms with Gasteiger partial charge in [-0.1, -0.05) is 6.07 Å². The van der Waals surface area contributed by atoms with Crippen LogP contribution in [0.3, 0.4) is 0 Å². The number of hydrogen-bond acceptors (Lipinski definition) is 4. The van der Waals surface area contributed by atoms with E-state index in [4.69, 9.17) is 10.5 Å². The molecule has 1 unspecified atom stereocenters. The summed E-state index contributed by atoms with van der Waals surface area (Å²) in [6, 6.07) is 5.25. The highest BCUT2D eigenvalue weighted by Crippen LogP contribution is 2.24. The van der Waals surface area contributed by atoms with Crippen LogP contribution in [0.5, 0.6) is 5.75 Å². The van der Waals surface area contributed by atoms with Gasteiger partial charge in [0.25, 0.3) is 0 Å². The first-order valence-corrected chi connectivity index (χ1v) is 6.99. The largest absolute Gasteiger partial charge is 0.496 e. The van der Waals surface area contributed by atoms with E-state index >= 15 is 0 Å². The third-order valence-electron chi connectivity index (χ3n) is 2.25. The molecule has 0 saturated heterocycles. The van der Waals surface area contributed by atoms with Crippen LogP contribution in [0.1, 0.15) is 24.1 Å². The fraction of sp³-hybridized carbons (Fsp3) is 0.455. The molecular formula is C11H17NO3S. The Morgan fingerprint density at radius 1 is 1.44 bits per heavy atom. The Morgan fingerprint density at radius 3 is 2.50 bits per heavy atom. The van der Waals surface area contributed by atoms with E-state index in [1.807, 2.05) is 13.0 Å². The van der Waals surface area contributed by atoms with Gasteiger partial charge in [-0.15, -0.1) is 0 Å². The van der Waals surface area contributed by atoms with Crippen molar-refractivity contribution in [3.63, 3.8) is 0 Å². The molecular weight excluding hydrogens is 226 g/mol. The maximum absolute atomic E-state index is 11.3. The fourth-order valence-electron chi connectivity index (χ4n) is 1.48. The average Bonchev–Trinajstić information content (AvgIpc) is 2.15. The summed E-state index contributed by atoms with van der Waals surface area (Å²) in [6.45, 7) is 1.85. The fourth-order valence-corrected chi connectivity index (χ4v) is 2.27. The van der Waals surface area contributed by atoms with Gasteiger partial charge in [0, 0.05) is 17.9 Å². The highest BCUT2D eigenvalue weighted by atomic mass is 32.2. The lowest BCUT2D eigenvalue weighted by Crippen LogP contribution is -2.08. The molecule has 0 amide bonds. The molecule has 0 aliphatic heterocycles. The summed E-state index contributed by atoms with van der Waals surface area (Å²) < 4.78 is 27.6. The number of nitrogens with two attached hydrogens (primary N) is 1. The maximum atomic E-state index is 11.3. The van der Waals surface area contributed by atoms with Gasteiger partial charge in [-0.25, -0.2) is 8.42 Å². The van der Waals surface area contributed by atoms with Crippen molar-refractivity contribution in [1.29, 1.82) is 0 Å². The summed E-state index contributed by atoms with van der Waals surface area (Å²) in [6.07, 6.45) is 1.20. The molecule has 5 heteroatoms. The second kappa shape index (κ2) is 4.84. The maximum Gasteiger partial charge on any atom is 0.151 e. The standard InChI is InChI=1S/C11H17NO3S/c1-8(12)9-4-5-11(15-2)10(6-9)7-16(3,13)14/h4-6,8H,7,12H2,1-3H3. The second-order valence-electron chi connectivity index (χ2n) is 3.93. The molecule has 1 aromatic carbocycles. The van der Waals surface area contributed by atoms with E-state index < -0.39 is 9.84 Å². The Morgan fingerprint density at radius 2 is 2.06 bits per heavy atom. The number of benzene rings is 1. The van der Waals surface area contributed by atoms with Crippen molar-refractivity contribution >= 4 is 9.84 Å². The van der Waals surface area contributed by atoms with Crippen molar-refractivity contribution in [3.05, 3.63) is 29.3 Å². The van der Waals surface area contributed by atoms with Crippen LogP contribution in [0.25, 0.3) is 0 Å². The second-order valence-corrected chi connectivity index (χ2v) is 6.07. The SMILES string of the molecule is COc1ccc(C(C)N)cc1CS(C)(=O)=O. The Kier molecular flexibility index (Phi) is 3.93. The van der Waals surface area contributed by atoms with Gasteiger partial charge < -0.3 is 10.5 Å². The molecule has 1 rings (SSSR count). The number of sulfone groups is 1. The van der Waals surface area contributed by atoms with E-state index in [0.29, 0.717) is 11.3 Å². The zero-order chi connectivity index (χ0) is 12.3. The van der Waals surface area contributed by atoms with Crippen LogP contribution in [0, 0.1) is 0 Å². The van der Waals surface area contributed by atoms with Gasteiger partial charge in [0.1, 0.15) is 5.75 Å². The minimum absolute atomic E-state index is 0.0310. The Bertz CT molecular complexity index is 466. The van der Waals surface area contributed by atoms with E-state index in [-0.39, 0.29) is 11.8 Å². The van der Waals surface area contributed by atoms with Crippen molar-refractivity contribution in [1.82, 2.24) is 0 Å². The van der Waals surface area contributed by atoms with E-state index in [1.165, 1.54) is 13.4 Å². The zero-order valence-corrected chi connectivity index (χ0v) is 10.5.